The van der Waals surface area contributed by atoms with Crippen molar-refractivity contribution in [3.8, 4) is 0 Å². The first-order valence-electron chi connectivity index (χ1n) is 11.1. The van der Waals surface area contributed by atoms with Crippen molar-refractivity contribution in [2.45, 2.75) is 47.0 Å². The van der Waals surface area contributed by atoms with Crippen LogP contribution in [-0.2, 0) is 38.4 Å². The third-order valence-electron chi connectivity index (χ3n) is 6.11. The Morgan fingerprint density at radius 3 is 1.21 bits per heavy atom. The van der Waals surface area contributed by atoms with E-state index in [1.54, 1.807) is 0 Å². The van der Waals surface area contributed by atoms with Gasteiger partial charge in [0.25, 0.3) is 23.6 Å². The fraction of sp³-hybridized carbons (Fsp3) is 0.259. The molecule has 2 aromatic rings. The summed E-state index contributed by atoms with van der Waals surface area (Å²) < 4.78 is 0. The summed E-state index contributed by atoms with van der Waals surface area (Å²) in [6.45, 7) is 7.85. The van der Waals surface area contributed by atoms with Crippen LogP contribution in [0.1, 0.15) is 47.2 Å². The lowest BCUT2D eigenvalue weighted by Gasteiger charge is -2.23. The quantitative estimate of drug-likeness (QED) is 0.637. The van der Waals surface area contributed by atoms with Crippen molar-refractivity contribution in [2.24, 2.45) is 0 Å². The molecular formula is C27H26N2O4. The molecule has 6 heteroatoms. The van der Waals surface area contributed by atoms with Gasteiger partial charge in [-0.2, -0.15) is 0 Å². The Kier molecular flexibility index (Phi) is 5.85. The number of hydrogen-bond donors (Lipinski definition) is 0. The fourth-order valence-corrected chi connectivity index (χ4v) is 4.73. The summed E-state index contributed by atoms with van der Waals surface area (Å²) in [5.74, 6) is -1.26. The van der Waals surface area contributed by atoms with Gasteiger partial charge < -0.3 is 0 Å². The highest BCUT2D eigenvalue weighted by Crippen LogP contribution is 2.33. The largest absolute Gasteiger partial charge is 0.269 e. The molecule has 0 radical (unpaired) electrons. The highest BCUT2D eigenvalue weighted by Gasteiger charge is 2.30. The zero-order chi connectivity index (χ0) is 23.9. The van der Waals surface area contributed by atoms with Crippen LogP contribution in [0.15, 0.2) is 48.6 Å². The van der Waals surface area contributed by atoms with Gasteiger partial charge in [0.15, 0.2) is 0 Å². The van der Waals surface area contributed by atoms with E-state index < -0.39 is 0 Å². The van der Waals surface area contributed by atoms with Crippen molar-refractivity contribution in [1.29, 1.82) is 0 Å². The number of rotatable bonds is 6. The van der Waals surface area contributed by atoms with E-state index >= 15 is 0 Å². The van der Waals surface area contributed by atoms with Crippen molar-refractivity contribution >= 4 is 35.0 Å². The predicted octanol–water partition coefficient (Wildman–Crippen LogP) is 3.88. The Labute approximate surface area is 193 Å². The average Bonchev–Trinajstić information content (AvgIpc) is 3.28. The molecule has 0 atom stereocenters. The van der Waals surface area contributed by atoms with Gasteiger partial charge in [-0.05, 0) is 66.5 Å². The van der Waals surface area contributed by atoms with Crippen LogP contribution >= 0.6 is 0 Å². The van der Waals surface area contributed by atoms with Crippen LogP contribution in [0.2, 0.25) is 0 Å². The second-order valence-electron chi connectivity index (χ2n) is 8.42. The number of benzene rings is 2. The van der Waals surface area contributed by atoms with Gasteiger partial charge in [0, 0.05) is 24.3 Å². The van der Waals surface area contributed by atoms with Crippen LogP contribution < -0.4 is 9.80 Å². The van der Waals surface area contributed by atoms with E-state index in [0.29, 0.717) is 30.6 Å². The average molecular weight is 443 g/mol. The minimum absolute atomic E-state index is 0.315. The van der Waals surface area contributed by atoms with Crippen LogP contribution in [0.25, 0.3) is 0 Å². The molecule has 0 saturated heterocycles. The van der Waals surface area contributed by atoms with E-state index in [1.807, 2.05) is 52.0 Å². The summed E-state index contributed by atoms with van der Waals surface area (Å²) in [4.78, 5) is 51.4. The minimum Gasteiger partial charge on any atom is -0.269 e. The molecule has 2 aromatic carbocycles. The fourth-order valence-electron chi connectivity index (χ4n) is 4.73. The summed E-state index contributed by atoms with van der Waals surface area (Å²) in [5.41, 5.74) is 7.11. The standard InChI is InChI=1S/C27H26N2O4/c1-5-20-14-18(11-16(3)26(20)28-22(30)7-8-23(28)31)13-19-12-17(4)27(21(6-2)15-19)29-24(32)9-10-25(29)33/h7-12,14-15H,5-6,13H2,1-4H3. The topological polar surface area (TPSA) is 74.8 Å². The molecule has 0 unspecified atom stereocenters. The molecule has 0 bridgehead atoms. The predicted molar refractivity (Wildman–Crippen MR) is 127 cm³/mol. The molecule has 2 heterocycles. The molecular weight excluding hydrogens is 416 g/mol. The molecule has 0 fully saturated rings. The third kappa shape index (κ3) is 3.93. The second-order valence-corrected chi connectivity index (χ2v) is 8.42. The van der Waals surface area contributed by atoms with Crippen molar-refractivity contribution < 1.29 is 19.2 Å². The van der Waals surface area contributed by atoms with Gasteiger partial charge >= 0.3 is 0 Å². The molecule has 0 aliphatic carbocycles. The maximum atomic E-state index is 12.2. The number of carbonyl (C=O) groups excluding carboxylic acids is 4. The number of nitrogens with zero attached hydrogens (tertiary/aromatic N) is 2. The Balaban J connectivity index is 1.70. The zero-order valence-electron chi connectivity index (χ0n) is 19.3. The Bertz CT molecular complexity index is 1140. The van der Waals surface area contributed by atoms with Crippen molar-refractivity contribution in [3.05, 3.63) is 82.0 Å². The number of carbonyl (C=O) groups is 4. The highest BCUT2D eigenvalue weighted by atomic mass is 16.2. The molecule has 4 rings (SSSR count). The minimum atomic E-state index is -0.315. The zero-order valence-corrected chi connectivity index (χ0v) is 19.3. The summed E-state index contributed by atoms with van der Waals surface area (Å²) in [5, 5.41) is 0. The molecule has 0 saturated carbocycles. The van der Waals surface area contributed by atoms with Gasteiger partial charge in [0.05, 0.1) is 11.4 Å². The highest BCUT2D eigenvalue weighted by molar-refractivity contribution is 6.29. The van der Waals surface area contributed by atoms with E-state index in [4.69, 9.17) is 0 Å². The van der Waals surface area contributed by atoms with Gasteiger partial charge in [0.2, 0.25) is 0 Å². The van der Waals surface area contributed by atoms with E-state index in [1.165, 1.54) is 34.1 Å². The van der Waals surface area contributed by atoms with Crippen LogP contribution in [0.5, 0.6) is 0 Å². The molecule has 0 N–H and O–H groups in total. The van der Waals surface area contributed by atoms with E-state index in [-0.39, 0.29) is 23.6 Å². The summed E-state index contributed by atoms with van der Waals surface area (Å²) >= 11 is 0. The number of aryl methyl sites for hydroxylation is 4. The lowest BCUT2D eigenvalue weighted by Crippen LogP contribution is -2.31. The van der Waals surface area contributed by atoms with E-state index in [2.05, 4.69) is 0 Å². The van der Waals surface area contributed by atoms with Crippen LogP contribution in [0, 0.1) is 13.8 Å². The maximum absolute atomic E-state index is 12.2. The SMILES string of the molecule is CCc1cc(Cc2cc(C)c(N3C(=O)C=CC3=O)c(CC)c2)cc(C)c1N1C(=O)C=CC1=O. The van der Waals surface area contributed by atoms with Crippen molar-refractivity contribution in [2.75, 3.05) is 9.80 Å². The first-order valence-corrected chi connectivity index (χ1v) is 11.1. The van der Waals surface area contributed by atoms with Crippen molar-refractivity contribution in [3.63, 3.8) is 0 Å². The molecule has 4 amide bonds. The van der Waals surface area contributed by atoms with Crippen molar-refractivity contribution in [1.82, 2.24) is 0 Å². The van der Waals surface area contributed by atoms with Gasteiger partial charge in [-0.3, -0.25) is 19.2 Å². The number of hydrogen-bond acceptors (Lipinski definition) is 4. The molecule has 2 aliphatic rings. The summed E-state index contributed by atoms with van der Waals surface area (Å²) in [6, 6.07) is 8.13. The Hall–Kier alpha value is -3.80. The lowest BCUT2D eigenvalue weighted by atomic mass is 9.93. The molecule has 6 nitrogen and oxygen atoms in total. The molecule has 2 aliphatic heterocycles. The normalized spacial score (nSPS) is 15.5. The van der Waals surface area contributed by atoms with Crippen LogP contribution in [0.4, 0.5) is 11.4 Å². The number of amides is 4. The van der Waals surface area contributed by atoms with Gasteiger partial charge in [-0.25, -0.2) is 9.80 Å². The molecule has 33 heavy (non-hydrogen) atoms. The second kappa shape index (κ2) is 8.62. The monoisotopic (exact) mass is 442 g/mol. The summed E-state index contributed by atoms with van der Waals surface area (Å²) in [6.07, 6.45) is 7.24. The van der Waals surface area contributed by atoms with Crippen LogP contribution in [-0.4, -0.2) is 23.6 Å². The van der Waals surface area contributed by atoms with Crippen LogP contribution in [0.3, 0.4) is 0 Å². The van der Waals surface area contributed by atoms with E-state index in [9.17, 15) is 19.2 Å². The Morgan fingerprint density at radius 2 is 0.909 bits per heavy atom. The lowest BCUT2D eigenvalue weighted by molar-refractivity contribution is -0.121. The summed E-state index contributed by atoms with van der Waals surface area (Å²) in [7, 11) is 0. The van der Waals surface area contributed by atoms with E-state index in [0.717, 1.165) is 33.4 Å². The van der Waals surface area contributed by atoms with Gasteiger partial charge in [0.1, 0.15) is 0 Å². The van der Waals surface area contributed by atoms with Gasteiger partial charge in [-0.1, -0.05) is 38.1 Å². The Morgan fingerprint density at radius 1 is 0.576 bits per heavy atom. The first-order chi connectivity index (χ1) is 15.7. The number of anilines is 2. The van der Waals surface area contributed by atoms with Gasteiger partial charge in [-0.15, -0.1) is 0 Å². The maximum Gasteiger partial charge on any atom is 0.258 e. The number of imide groups is 2. The molecule has 0 spiro atoms. The molecule has 168 valence electrons. The first kappa shape index (κ1) is 22.4. The molecule has 0 aromatic heterocycles. The smallest absolute Gasteiger partial charge is 0.258 e. The third-order valence-corrected chi connectivity index (χ3v) is 6.11.